The molecule has 0 saturated heterocycles. The monoisotopic (exact) mass is 352 g/mol. The van der Waals surface area contributed by atoms with E-state index < -0.39 is 17.8 Å². The van der Waals surface area contributed by atoms with Gasteiger partial charge in [0.1, 0.15) is 12.4 Å². The number of rotatable bonds is 5. The molecule has 0 atom stereocenters. The zero-order chi connectivity index (χ0) is 18.4. The number of aryl methyl sites for hydroxylation is 2. The van der Waals surface area contributed by atoms with Crippen LogP contribution >= 0.6 is 0 Å². The molecular weight excluding hydrogens is 333 g/mol. The molecule has 2 N–H and O–H groups in total. The molecule has 0 aliphatic rings. The van der Waals surface area contributed by atoms with Gasteiger partial charge in [0, 0.05) is 5.69 Å². The molecule has 2 aromatic rings. The summed E-state index contributed by atoms with van der Waals surface area (Å²) in [5.41, 5.74) is 1.53. The molecule has 7 heteroatoms. The largest absolute Gasteiger partial charge is 0.491 e. The molecule has 134 valence electrons. The summed E-state index contributed by atoms with van der Waals surface area (Å²) in [5.74, 6) is 0.785. The van der Waals surface area contributed by atoms with Crippen molar-refractivity contribution in [2.24, 2.45) is 0 Å². The molecular formula is C18H19F3N2O2. The second-order valence-electron chi connectivity index (χ2n) is 5.53. The smallest absolute Gasteiger partial charge is 0.416 e. The van der Waals surface area contributed by atoms with Crippen LogP contribution in [0.15, 0.2) is 42.5 Å². The summed E-state index contributed by atoms with van der Waals surface area (Å²) in [4.78, 5) is 11.7. The van der Waals surface area contributed by atoms with Gasteiger partial charge < -0.3 is 15.4 Å². The summed E-state index contributed by atoms with van der Waals surface area (Å²) in [6, 6.07) is 9.54. The van der Waals surface area contributed by atoms with Gasteiger partial charge in [-0.05, 0) is 49.2 Å². The van der Waals surface area contributed by atoms with Crippen molar-refractivity contribution in [1.82, 2.24) is 5.32 Å². The third kappa shape index (κ3) is 5.41. The van der Waals surface area contributed by atoms with Gasteiger partial charge in [-0.3, -0.25) is 0 Å². The highest BCUT2D eigenvalue weighted by atomic mass is 19.4. The van der Waals surface area contributed by atoms with Gasteiger partial charge in [-0.25, -0.2) is 4.79 Å². The van der Waals surface area contributed by atoms with Crippen molar-refractivity contribution in [3.05, 3.63) is 59.2 Å². The number of hydrogen-bond acceptors (Lipinski definition) is 2. The maximum Gasteiger partial charge on any atom is 0.416 e. The summed E-state index contributed by atoms with van der Waals surface area (Å²) in [5, 5.41) is 5.06. The van der Waals surface area contributed by atoms with E-state index in [9.17, 15) is 18.0 Å². The van der Waals surface area contributed by atoms with Crippen LogP contribution in [0.4, 0.5) is 23.7 Å². The van der Waals surface area contributed by atoms with Crippen LogP contribution < -0.4 is 15.4 Å². The van der Waals surface area contributed by atoms with E-state index in [4.69, 9.17) is 4.74 Å². The number of hydrogen-bond donors (Lipinski definition) is 2. The summed E-state index contributed by atoms with van der Waals surface area (Å²) >= 11 is 0. The first-order valence-electron chi connectivity index (χ1n) is 7.68. The Morgan fingerprint density at radius 3 is 2.20 bits per heavy atom. The molecule has 25 heavy (non-hydrogen) atoms. The minimum atomic E-state index is -4.40. The Kier molecular flexibility index (Phi) is 5.90. The Labute approximate surface area is 144 Å². The highest BCUT2D eigenvalue weighted by Gasteiger charge is 2.29. The molecule has 0 unspecified atom stereocenters. The Morgan fingerprint density at radius 2 is 1.64 bits per heavy atom. The normalized spacial score (nSPS) is 11.1. The van der Waals surface area contributed by atoms with Gasteiger partial charge in [0.15, 0.2) is 0 Å². The zero-order valence-corrected chi connectivity index (χ0v) is 13.9. The van der Waals surface area contributed by atoms with Crippen LogP contribution in [-0.4, -0.2) is 19.2 Å². The maximum atomic E-state index is 12.5. The van der Waals surface area contributed by atoms with Crippen LogP contribution in [0, 0.1) is 13.8 Å². The fraction of sp³-hybridized carbons (Fsp3) is 0.278. The minimum absolute atomic E-state index is 0.264. The van der Waals surface area contributed by atoms with Crippen molar-refractivity contribution in [2.75, 3.05) is 18.5 Å². The second-order valence-corrected chi connectivity index (χ2v) is 5.53. The van der Waals surface area contributed by atoms with E-state index in [0.717, 1.165) is 29.0 Å². The number of anilines is 1. The SMILES string of the molecule is Cc1cccc(C)c1OCCNC(=O)Nc1ccc(C(F)(F)F)cc1. The van der Waals surface area contributed by atoms with Crippen LogP contribution in [0.5, 0.6) is 5.75 Å². The predicted molar refractivity (Wildman–Crippen MR) is 89.9 cm³/mol. The first-order chi connectivity index (χ1) is 11.8. The van der Waals surface area contributed by atoms with Crippen molar-refractivity contribution >= 4 is 11.7 Å². The van der Waals surface area contributed by atoms with Gasteiger partial charge in [0.25, 0.3) is 0 Å². The standard InChI is InChI=1S/C18H19F3N2O2/c1-12-4-3-5-13(2)16(12)25-11-10-22-17(24)23-15-8-6-14(7-9-15)18(19,20)21/h3-9H,10-11H2,1-2H3,(H2,22,23,24). The number of ether oxygens (including phenoxy) is 1. The molecule has 4 nitrogen and oxygen atoms in total. The van der Waals surface area contributed by atoms with E-state index in [1.165, 1.54) is 12.1 Å². The highest BCUT2D eigenvalue weighted by molar-refractivity contribution is 5.89. The summed E-state index contributed by atoms with van der Waals surface area (Å²) in [6.07, 6.45) is -4.40. The number of amides is 2. The fourth-order valence-electron chi connectivity index (χ4n) is 2.26. The number of nitrogens with one attached hydrogen (secondary N) is 2. The third-order valence-electron chi connectivity index (χ3n) is 3.51. The van der Waals surface area contributed by atoms with Gasteiger partial charge in [-0.2, -0.15) is 13.2 Å². The first-order valence-corrected chi connectivity index (χ1v) is 7.68. The van der Waals surface area contributed by atoms with Crippen LogP contribution in [0.3, 0.4) is 0 Å². The molecule has 0 fully saturated rings. The average molecular weight is 352 g/mol. The Morgan fingerprint density at radius 1 is 1.04 bits per heavy atom. The predicted octanol–water partition coefficient (Wildman–Crippen LogP) is 4.52. The summed E-state index contributed by atoms with van der Waals surface area (Å²) in [6.45, 7) is 4.42. The fourth-order valence-corrected chi connectivity index (χ4v) is 2.26. The van der Waals surface area contributed by atoms with E-state index in [0.29, 0.717) is 0 Å². The van der Waals surface area contributed by atoms with E-state index in [1.807, 2.05) is 32.0 Å². The first kappa shape index (κ1) is 18.6. The van der Waals surface area contributed by atoms with E-state index >= 15 is 0 Å². The number of halogens is 3. The number of urea groups is 1. The lowest BCUT2D eigenvalue weighted by atomic mass is 10.1. The third-order valence-corrected chi connectivity index (χ3v) is 3.51. The van der Waals surface area contributed by atoms with Crippen LogP contribution in [0.2, 0.25) is 0 Å². The molecule has 2 amide bonds. The summed E-state index contributed by atoms with van der Waals surface area (Å²) in [7, 11) is 0. The average Bonchev–Trinajstić information content (AvgIpc) is 2.53. The number of carbonyl (C=O) groups excluding carboxylic acids is 1. The van der Waals surface area contributed by atoms with E-state index in [-0.39, 0.29) is 18.8 Å². The topological polar surface area (TPSA) is 50.4 Å². The lowest BCUT2D eigenvalue weighted by Gasteiger charge is -2.13. The molecule has 0 aromatic heterocycles. The van der Waals surface area contributed by atoms with Crippen LogP contribution in [0.25, 0.3) is 0 Å². The van der Waals surface area contributed by atoms with Crippen LogP contribution in [0.1, 0.15) is 16.7 Å². The molecule has 0 heterocycles. The maximum absolute atomic E-state index is 12.5. The summed E-state index contributed by atoms with van der Waals surface area (Å²) < 4.78 is 43.1. The molecule has 2 aromatic carbocycles. The van der Waals surface area contributed by atoms with E-state index in [1.54, 1.807) is 0 Å². The molecule has 2 rings (SSSR count). The van der Waals surface area contributed by atoms with Crippen molar-refractivity contribution in [3.63, 3.8) is 0 Å². The van der Waals surface area contributed by atoms with Gasteiger partial charge in [0.05, 0.1) is 12.1 Å². The quantitative estimate of drug-likeness (QED) is 0.777. The molecule has 0 aliphatic carbocycles. The second kappa shape index (κ2) is 7.92. The van der Waals surface area contributed by atoms with Gasteiger partial charge in [-0.15, -0.1) is 0 Å². The Hall–Kier alpha value is -2.70. The molecule has 0 aliphatic heterocycles. The Balaban J connectivity index is 1.77. The van der Waals surface area contributed by atoms with Gasteiger partial charge in [0.2, 0.25) is 0 Å². The van der Waals surface area contributed by atoms with Crippen molar-refractivity contribution < 1.29 is 22.7 Å². The highest BCUT2D eigenvalue weighted by Crippen LogP contribution is 2.29. The lowest BCUT2D eigenvalue weighted by Crippen LogP contribution is -2.32. The molecule has 0 radical (unpaired) electrons. The molecule has 0 spiro atoms. The number of benzene rings is 2. The van der Waals surface area contributed by atoms with Crippen molar-refractivity contribution in [1.29, 1.82) is 0 Å². The number of alkyl halides is 3. The number of para-hydroxylation sites is 1. The van der Waals surface area contributed by atoms with Crippen molar-refractivity contribution in [3.8, 4) is 5.75 Å². The molecule has 0 saturated carbocycles. The van der Waals surface area contributed by atoms with Crippen molar-refractivity contribution in [2.45, 2.75) is 20.0 Å². The zero-order valence-electron chi connectivity index (χ0n) is 13.9. The van der Waals surface area contributed by atoms with Crippen LogP contribution in [-0.2, 0) is 6.18 Å². The Bertz CT molecular complexity index is 708. The number of carbonyl (C=O) groups is 1. The minimum Gasteiger partial charge on any atom is -0.491 e. The van der Waals surface area contributed by atoms with Gasteiger partial charge >= 0.3 is 12.2 Å². The van der Waals surface area contributed by atoms with Gasteiger partial charge in [-0.1, -0.05) is 18.2 Å². The van der Waals surface area contributed by atoms with E-state index in [2.05, 4.69) is 10.6 Å². The molecule has 0 bridgehead atoms. The lowest BCUT2D eigenvalue weighted by molar-refractivity contribution is -0.137.